The van der Waals surface area contributed by atoms with Gasteiger partial charge in [-0.25, -0.2) is 9.78 Å². The number of nitrogens with two attached hydrogens (primary N) is 1. The number of nitrogen functional groups attached to an aromatic ring is 1. The minimum absolute atomic E-state index is 0.291. The number of hydrogen-bond acceptors (Lipinski definition) is 4. The second-order valence-electron chi connectivity index (χ2n) is 4.63. The molecule has 1 aromatic heterocycles. The Kier molecular flexibility index (Phi) is 3.55. The Balaban J connectivity index is 2.64. The largest absolute Gasteiger partial charge is 0.496 e. The standard InChI is InChI=1S/C14H17N3O2/c1-8(2)9-4-5-12(19-3)10(6-9)11-7-16-14(18)17-13(11)15/h4-8H,1-3H3,(H3,15,16,17,18). The summed E-state index contributed by atoms with van der Waals surface area (Å²) in [6, 6.07) is 5.92. The molecule has 0 unspecified atom stereocenters. The third-order valence-corrected chi connectivity index (χ3v) is 3.02. The summed E-state index contributed by atoms with van der Waals surface area (Å²) in [6.45, 7) is 4.22. The highest BCUT2D eigenvalue weighted by Crippen LogP contribution is 2.34. The van der Waals surface area contributed by atoms with Crippen LogP contribution < -0.4 is 16.2 Å². The van der Waals surface area contributed by atoms with Crippen molar-refractivity contribution in [3.63, 3.8) is 0 Å². The molecule has 1 aromatic carbocycles. The molecule has 0 saturated carbocycles. The van der Waals surface area contributed by atoms with E-state index in [4.69, 9.17) is 10.5 Å². The molecule has 2 aromatic rings. The summed E-state index contributed by atoms with van der Waals surface area (Å²) in [4.78, 5) is 17.3. The van der Waals surface area contributed by atoms with Gasteiger partial charge in [0.2, 0.25) is 0 Å². The predicted octanol–water partition coefficient (Wildman–Crippen LogP) is 2.15. The number of H-pyrrole nitrogens is 1. The number of aromatic amines is 1. The molecule has 0 aliphatic carbocycles. The highest BCUT2D eigenvalue weighted by atomic mass is 16.5. The molecule has 2 rings (SSSR count). The topological polar surface area (TPSA) is 81.0 Å². The van der Waals surface area contributed by atoms with E-state index in [0.717, 1.165) is 5.56 Å². The maximum Gasteiger partial charge on any atom is 0.346 e. The maximum absolute atomic E-state index is 11.1. The van der Waals surface area contributed by atoms with E-state index in [-0.39, 0.29) is 0 Å². The fourth-order valence-corrected chi connectivity index (χ4v) is 1.92. The molecule has 5 nitrogen and oxygen atoms in total. The van der Waals surface area contributed by atoms with Gasteiger partial charge in [-0.1, -0.05) is 19.9 Å². The highest BCUT2D eigenvalue weighted by Gasteiger charge is 2.12. The van der Waals surface area contributed by atoms with Crippen LogP contribution >= 0.6 is 0 Å². The van der Waals surface area contributed by atoms with Gasteiger partial charge in [0.05, 0.1) is 7.11 Å². The number of nitrogens with one attached hydrogen (secondary N) is 1. The molecular weight excluding hydrogens is 242 g/mol. The highest BCUT2D eigenvalue weighted by molar-refractivity contribution is 5.78. The van der Waals surface area contributed by atoms with Crippen molar-refractivity contribution in [1.29, 1.82) is 0 Å². The first kappa shape index (κ1) is 13.1. The van der Waals surface area contributed by atoms with Crippen molar-refractivity contribution in [1.82, 2.24) is 9.97 Å². The molecule has 19 heavy (non-hydrogen) atoms. The Morgan fingerprint density at radius 1 is 1.32 bits per heavy atom. The fourth-order valence-electron chi connectivity index (χ4n) is 1.92. The molecule has 0 fully saturated rings. The van der Waals surface area contributed by atoms with Crippen LogP contribution in [0.3, 0.4) is 0 Å². The molecule has 0 aliphatic rings. The number of rotatable bonds is 3. The zero-order chi connectivity index (χ0) is 14.0. The Morgan fingerprint density at radius 2 is 2.05 bits per heavy atom. The van der Waals surface area contributed by atoms with Crippen LogP contribution in [0.5, 0.6) is 5.75 Å². The van der Waals surface area contributed by atoms with Crippen molar-refractivity contribution < 1.29 is 4.74 Å². The lowest BCUT2D eigenvalue weighted by Gasteiger charge is -2.13. The van der Waals surface area contributed by atoms with E-state index in [0.29, 0.717) is 23.0 Å². The molecule has 0 amide bonds. The lowest BCUT2D eigenvalue weighted by Crippen LogP contribution is -2.12. The first-order chi connectivity index (χ1) is 9.02. The van der Waals surface area contributed by atoms with Gasteiger partial charge in [-0.15, -0.1) is 0 Å². The van der Waals surface area contributed by atoms with E-state index >= 15 is 0 Å². The Hall–Kier alpha value is -2.30. The quantitative estimate of drug-likeness (QED) is 0.885. The van der Waals surface area contributed by atoms with Crippen LogP contribution in [-0.2, 0) is 0 Å². The van der Waals surface area contributed by atoms with Gasteiger partial charge in [0.1, 0.15) is 11.6 Å². The monoisotopic (exact) mass is 259 g/mol. The summed E-state index contributed by atoms with van der Waals surface area (Å²) >= 11 is 0. The zero-order valence-electron chi connectivity index (χ0n) is 11.2. The summed E-state index contributed by atoms with van der Waals surface area (Å²) in [5.74, 6) is 1.38. The van der Waals surface area contributed by atoms with Gasteiger partial charge in [-0.2, -0.15) is 0 Å². The van der Waals surface area contributed by atoms with E-state index in [1.54, 1.807) is 7.11 Å². The molecule has 3 N–H and O–H groups in total. The summed E-state index contributed by atoms with van der Waals surface area (Å²) in [6.07, 6.45) is 1.47. The normalized spacial score (nSPS) is 10.7. The molecule has 100 valence electrons. The van der Waals surface area contributed by atoms with Crippen LogP contribution in [0.4, 0.5) is 5.82 Å². The summed E-state index contributed by atoms with van der Waals surface area (Å²) in [5, 5.41) is 0. The zero-order valence-corrected chi connectivity index (χ0v) is 11.2. The SMILES string of the molecule is COc1ccc(C(C)C)cc1-c1cnc(=O)[nH]c1N. The Morgan fingerprint density at radius 3 is 2.63 bits per heavy atom. The summed E-state index contributed by atoms with van der Waals surface area (Å²) < 4.78 is 5.34. The number of nitrogens with zero attached hydrogens (tertiary/aromatic N) is 1. The maximum atomic E-state index is 11.1. The lowest BCUT2D eigenvalue weighted by molar-refractivity contribution is 0.416. The van der Waals surface area contributed by atoms with Crippen LogP contribution in [0.2, 0.25) is 0 Å². The van der Waals surface area contributed by atoms with Crippen molar-refractivity contribution in [3.05, 3.63) is 40.4 Å². The average molecular weight is 259 g/mol. The van der Waals surface area contributed by atoms with Crippen LogP contribution in [-0.4, -0.2) is 17.1 Å². The summed E-state index contributed by atoms with van der Waals surface area (Å²) in [7, 11) is 1.60. The van der Waals surface area contributed by atoms with Crippen molar-refractivity contribution >= 4 is 5.82 Å². The number of benzene rings is 1. The van der Waals surface area contributed by atoms with Crippen LogP contribution in [0, 0.1) is 0 Å². The van der Waals surface area contributed by atoms with Crippen molar-refractivity contribution in [2.45, 2.75) is 19.8 Å². The van der Waals surface area contributed by atoms with Gasteiger partial charge < -0.3 is 10.5 Å². The smallest absolute Gasteiger partial charge is 0.346 e. The van der Waals surface area contributed by atoms with E-state index in [2.05, 4.69) is 23.8 Å². The predicted molar refractivity (Wildman–Crippen MR) is 75.3 cm³/mol. The minimum atomic E-state index is -0.458. The second kappa shape index (κ2) is 5.14. The first-order valence-electron chi connectivity index (χ1n) is 6.06. The number of aromatic nitrogens is 2. The average Bonchev–Trinajstić information content (AvgIpc) is 2.38. The number of hydrogen-bond donors (Lipinski definition) is 2. The van der Waals surface area contributed by atoms with Gasteiger partial charge in [0.15, 0.2) is 0 Å². The van der Waals surface area contributed by atoms with Gasteiger partial charge in [-0.05, 0) is 23.6 Å². The van der Waals surface area contributed by atoms with Gasteiger partial charge in [0.25, 0.3) is 0 Å². The second-order valence-corrected chi connectivity index (χ2v) is 4.63. The molecule has 0 bridgehead atoms. The van der Waals surface area contributed by atoms with Crippen molar-refractivity contribution in [2.24, 2.45) is 0 Å². The van der Waals surface area contributed by atoms with Crippen LogP contribution in [0.1, 0.15) is 25.3 Å². The third-order valence-electron chi connectivity index (χ3n) is 3.02. The van der Waals surface area contributed by atoms with Gasteiger partial charge in [0, 0.05) is 17.3 Å². The van der Waals surface area contributed by atoms with E-state index < -0.39 is 5.69 Å². The fraction of sp³-hybridized carbons (Fsp3) is 0.286. The number of methoxy groups -OCH3 is 1. The molecule has 1 heterocycles. The molecule has 0 atom stereocenters. The molecule has 0 radical (unpaired) electrons. The first-order valence-corrected chi connectivity index (χ1v) is 6.06. The molecular formula is C14H17N3O2. The third kappa shape index (κ3) is 2.59. The van der Waals surface area contributed by atoms with Crippen LogP contribution in [0.15, 0.2) is 29.2 Å². The molecule has 0 aliphatic heterocycles. The van der Waals surface area contributed by atoms with Crippen molar-refractivity contribution in [3.8, 4) is 16.9 Å². The Labute approximate surface area is 111 Å². The molecule has 0 saturated heterocycles. The minimum Gasteiger partial charge on any atom is -0.496 e. The van der Waals surface area contributed by atoms with Crippen LogP contribution in [0.25, 0.3) is 11.1 Å². The lowest BCUT2D eigenvalue weighted by atomic mass is 9.97. The van der Waals surface area contributed by atoms with Crippen molar-refractivity contribution in [2.75, 3.05) is 12.8 Å². The van der Waals surface area contributed by atoms with E-state index in [1.807, 2.05) is 18.2 Å². The Bertz CT molecular complexity index is 647. The van der Waals surface area contributed by atoms with Gasteiger partial charge >= 0.3 is 5.69 Å². The van der Waals surface area contributed by atoms with E-state index in [1.165, 1.54) is 11.8 Å². The number of anilines is 1. The number of ether oxygens (including phenoxy) is 1. The summed E-state index contributed by atoms with van der Waals surface area (Å²) in [5.41, 5.74) is 8.06. The molecule has 0 spiro atoms. The van der Waals surface area contributed by atoms with E-state index in [9.17, 15) is 4.79 Å². The molecule has 5 heteroatoms. The van der Waals surface area contributed by atoms with Gasteiger partial charge in [-0.3, -0.25) is 4.98 Å².